The third-order valence-corrected chi connectivity index (χ3v) is 3.16. The van der Waals surface area contributed by atoms with Crippen LogP contribution in [-0.4, -0.2) is 43.8 Å². The maximum absolute atomic E-state index is 11.7. The minimum atomic E-state index is -0.384. The molecule has 6 nitrogen and oxygen atoms in total. The SMILES string of the molecule is CCOC(=O)c1ccc2c(c1)OCCC(OCO)CCO2. The number of carbonyl (C=O) groups excluding carboxylic acids is 1. The summed E-state index contributed by atoms with van der Waals surface area (Å²) in [6.45, 7) is 2.65. The van der Waals surface area contributed by atoms with Crippen LogP contribution in [0.1, 0.15) is 30.1 Å². The first-order chi connectivity index (χ1) is 10.2. The quantitative estimate of drug-likeness (QED) is 0.674. The van der Waals surface area contributed by atoms with Crippen molar-refractivity contribution in [2.45, 2.75) is 25.9 Å². The van der Waals surface area contributed by atoms with Gasteiger partial charge in [0.05, 0.1) is 31.5 Å². The number of esters is 1. The van der Waals surface area contributed by atoms with Crippen LogP contribution in [0.4, 0.5) is 0 Å². The number of hydrogen-bond donors (Lipinski definition) is 1. The van der Waals surface area contributed by atoms with Crippen molar-refractivity contribution >= 4 is 5.97 Å². The Kier molecular flexibility index (Phi) is 5.83. The summed E-state index contributed by atoms with van der Waals surface area (Å²) in [6.07, 6.45) is 1.21. The molecule has 1 aliphatic rings. The molecule has 0 saturated carbocycles. The molecule has 1 heterocycles. The van der Waals surface area contributed by atoms with E-state index in [1.807, 2.05) is 0 Å². The second-order valence-corrected chi connectivity index (χ2v) is 4.57. The molecular weight excluding hydrogens is 276 g/mol. The fraction of sp³-hybridized carbons (Fsp3) is 0.533. The maximum Gasteiger partial charge on any atom is 0.338 e. The van der Waals surface area contributed by atoms with Crippen molar-refractivity contribution in [3.8, 4) is 11.5 Å². The molecule has 1 N–H and O–H groups in total. The molecule has 0 spiro atoms. The largest absolute Gasteiger partial charge is 0.490 e. The lowest BCUT2D eigenvalue weighted by atomic mass is 10.2. The Balaban J connectivity index is 2.09. The molecule has 1 aliphatic heterocycles. The Morgan fingerprint density at radius 2 is 2.00 bits per heavy atom. The zero-order chi connectivity index (χ0) is 15.1. The van der Waals surface area contributed by atoms with E-state index in [0.29, 0.717) is 49.7 Å². The van der Waals surface area contributed by atoms with Gasteiger partial charge in [-0.1, -0.05) is 0 Å². The lowest BCUT2D eigenvalue weighted by Gasteiger charge is -2.14. The highest BCUT2D eigenvalue weighted by atomic mass is 16.6. The van der Waals surface area contributed by atoms with Crippen molar-refractivity contribution in [2.75, 3.05) is 26.6 Å². The summed E-state index contributed by atoms with van der Waals surface area (Å²) in [5.74, 6) is 0.725. The summed E-state index contributed by atoms with van der Waals surface area (Å²) in [6, 6.07) is 4.98. The Morgan fingerprint density at radius 3 is 2.67 bits per heavy atom. The summed E-state index contributed by atoms with van der Waals surface area (Å²) in [5.41, 5.74) is 0.432. The number of aliphatic hydroxyl groups is 1. The molecule has 1 atom stereocenters. The van der Waals surface area contributed by atoms with Crippen molar-refractivity contribution in [3.05, 3.63) is 23.8 Å². The van der Waals surface area contributed by atoms with Gasteiger partial charge in [0.1, 0.15) is 6.79 Å². The normalized spacial score (nSPS) is 18.3. The van der Waals surface area contributed by atoms with Gasteiger partial charge in [0, 0.05) is 12.8 Å². The van der Waals surface area contributed by atoms with E-state index >= 15 is 0 Å². The molecule has 0 amide bonds. The minimum absolute atomic E-state index is 0.103. The molecule has 0 aromatic heterocycles. The van der Waals surface area contributed by atoms with Gasteiger partial charge in [0.15, 0.2) is 11.5 Å². The highest BCUT2D eigenvalue weighted by Gasteiger charge is 2.17. The van der Waals surface area contributed by atoms with E-state index in [1.165, 1.54) is 0 Å². The van der Waals surface area contributed by atoms with Crippen LogP contribution in [0.3, 0.4) is 0 Å². The molecule has 2 rings (SSSR count). The average molecular weight is 296 g/mol. The molecule has 0 radical (unpaired) electrons. The summed E-state index contributed by atoms with van der Waals surface area (Å²) in [7, 11) is 0. The van der Waals surface area contributed by atoms with Crippen LogP contribution in [0.5, 0.6) is 11.5 Å². The number of benzene rings is 1. The highest BCUT2D eigenvalue weighted by Crippen LogP contribution is 2.30. The second kappa shape index (κ2) is 7.85. The van der Waals surface area contributed by atoms with E-state index < -0.39 is 0 Å². The lowest BCUT2D eigenvalue weighted by molar-refractivity contribution is -0.0612. The Labute approximate surface area is 123 Å². The summed E-state index contributed by atoms with van der Waals surface area (Å²) < 4.78 is 21.5. The molecule has 1 unspecified atom stereocenters. The van der Waals surface area contributed by atoms with Gasteiger partial charge in [-0.25, -0.2) is 4.79 Å². The zero-order valence-electron chi connectivity index (χ0n) is 12.0. The minimum Gasteiger partial charge on any atom is -0.490 e. The summed E-state index contributed by atoms with van der Waals surface area (Å²) >= 11 is 0. The standard InChI is InChI=1S/C15H20O6/c1-2-18-15(17)11-3-4-13-14(9-11)20-8-6-12(21-10-16)5-7-19-13/h3-4,9,12,16H,2,5-8,10H2,1H3. The van der Waals surface area contributed by atoms with Crippen molar-refractivity contribution in [2.24, 2.45) is 0 Å². The maximum atomic E-state index is 11.7. The van der Waals surface area contributed by atoms with Crippen LogP contribution in [0.2, 0.25) is 0 Å². The highest BCUT2D eigenvalue weighted by molar-refractivity contribution is 5.90. The van der Waals surface area contributed by atoms with Crippen LogP contribution in [0.15, 0.2) is 18.2 Å². The smallest absolute Gasteiger partial charge is 0.338 e. The molecule has 21 heavy (non-hydrogen) atoms. The van der Waals surface area contributed by atoms with Crippen molar-refractivity contribution in [1.29, 1.82) is 0 Å². The number of carbonyl (C=O) groups is 1. The first-order valence-electron chi connectivity index (χ1n) is 7.03. The van der Waals surface area contributed by atoms with E-state index in [2.05, 4.69) is 0 Å². The zero-order valence-corrected chi connectivity index (χ0v) is 12.0. The fourth-order valence-electron chi connectivity index (χ4n) is 2.10. The fourth-order valence-corrected chi connectivity index (χ4v) is 2.10. The van der Waals surface area contributed by atoms with Gasteiger partial charge in [-0.15, -0.1) is 0 Å². The second-order valence-electron chi connectivity index (χ2n) is 4.57. The monoisotopic (exact) mass is 296 g/mol. The topological polar surface area (TPSA) is 74.2 Å². The van der Waals surface area contributed by atoms with Crippen LogP contribution < -0.4 is 9.47 Å². The predicted molar refractivity (Wildman–Crippen MR) is 74.6 cm³/mol. The van der Waals surface area contributed by atoms with Crippen LogP contribution >= 0.6 is 0 Å². The number of fused-ring (bicyclic) bond motifs is 1. The Bertz CT molecular complexity index is 473. The molecule has 1 aromatic rings. The van der Waals surface area contributed by atoms with Gasteiger partial charge in [-0.3, -0.25) is 0 Å². The summed E-state index contributed by atoms with van der Waals surface area (Å²) in [4.78, 5) is 11.7. The van der Waals surface area contributed by atoms with Crippen molar-refractivity contribution in [3.63, 3.8) is 0 Å². The average Bonchev–Trinajstić information content (AvgIpc) is 2.57. The Morgan fingerprint density at radius 1 is 1.29 bits per heavy atom. The number of ether oxygens (including phenoxy) is 4. The molecule has 0 bridgehead atoms. The first kappa shape index (κ1) is 15.6. The van der Waals surface area contributed by atoms with Crippen molar-refractivity contribution in [1.82, 2.24) is 0 Å². The van der Waals surface area contributed by atoms with Gasteiger partial charge in [-0.2, -0.15) is 0 Å². The molecule has 1 aromatic carbocycles. The van der Waals surface area contributed by atoms with E-state index in [0.717, 1.165) is 0 Å². The van der Waals surface area contributed by atoms with Gasteiger partial charge in [-0.05, 0) is 25.1 Å². The van der Waals surface area contributed by atoms with E-state index in [1.54, 1.807) is 25.1 Å². The number of aliphatic hydroxyl groups excluding tert-OH is 1. The Hall–Kier alpha value is -1.79. The van der Waals surface area contributed by atoms with E-state index in [-0.39, 0.29) is 18.9 Å². The van der Waals surface area contributed by atoms with Crippen LogP contribution in [-0.2, 0) is 9.47 Å². The van der Waals surface area contributed by atoms with Gasteiger partial charge < -0.3 is 24.1 Å². The molecular formula is C15H20O6. The van der Waals surface area contributed by atoms with Crippen molar-refractivity contribution < 1.29 is 28.8 Å². The third kappa shape index (κ3) is 4.34. The van der Waals surface area contributed by atoms with Gasteiger partial charge in [0.25, 0.3) is 0 Å². The van der Waals surface area contributed by atoms with E-state index in [9.17, 15) is 4.79 Å². The lowest BCUT2D eigenvalue weighted by Crippen LogP contribution is -2.19. The van der Waals surface area contributed by atoms with Gasteiger partial charge in [0.2, 0.25) is 0 Å². The van der Waals surface area contributed by atoms with Crippen LogP contribution in [0, 0.1) is 0 Å². The van der Waals surface area contributed by atoms with Gasteiger partial charge >= 0.3 is 5.97 Å². The molecule has 6 heteroatoms. The number of hydrogen-bond acceptors (Lipinski definition) is 6. The first-order valence-corrected chi connectivity index (χ1v) is 7.03. The van der Waals surface area contributed by atoms with E-state index in [4.69, 9.17) is 24.1 Å². The predicted octanol–water partition coefficient (Wildman–Crippen LogP) is 1.75. The third-order valence-electron chi connectivity index (χ3n) is 3.16. The number of rotatable bonds is 4. The molecule has 0 aliphatic carbocycles. The summed E-state index contributed by atoms with van der Waals surface area (Å²) in [5, 5.41) is 8.82. The van der Waals surface area contributed by atoms with Crippen LogP contribution in [0.25, 0.3) is 0 Å². The molecule has 0 fully saturated rings. The molecule has 116 valence electrons. The molecule has 0 saturated heterocycles.